The lowest BCUT2D eigenvalue weighted by Crippen LogP contribution is -2.50. The minimum atomic E-state index is -3.69. The molecule has 0 aliphatic carbocycles. The van der Waals surface area contributed by atoms with Gasteiger partial charge in [0.25, 0.3) is 5.91 Å². The van der Waals surface area contributed by atoms with Crippen molar-refractivity contribution in [3.63, 3.8) is 0 Å². The summed E-state index contributed by atoms with van der Waals surface area (Å²) >= 11 is 0. The van der Waals surface area contributed by atoms with Gasteiger partial charge in [-0.2, -0.15) is 9.40 Å². The molecule has 0 N–H and O–H groups in total. The molecule has 0 unspecified atom stereocenters. The predicted molar refractivity (Wildman–Crippen MR) is 103 cm³/mol. The Balaban J connectivity index is 1.75. The van der Waals surface area contributed by atoms with E-state index in [-0.39, 0.29) is 35.6 Å². The number of amides is 1. The van der Waals surface area contributed by atoms with Crippen molar-refractivity contribution in [2.75, 3.05) is 26.2 Å². The van der Waals surface area contributed by atoms with Crippen LogP contribution in [0.25, 0.3) is 0 Å². The van der Waals surface area contributed by atoms with Crippen LogP contribution in [0.5, 0.6) is 0 Å². The fourth-order valence-electron chi connectivity index (χ4n) is 3.40. The van der Waals surface area contributed by atoms with E-state index in [1.54, 1.807) is 23.4 Å². The summed E-state index contributed by atoms with van der Waals surface area (Å²) < 4.78 is 34.0. The van der Waals surface area contributed by atoms with Gasteiger partial charge in [-0.25, -0.2) is 8.42 Å². The lowest BCUT2D eigenvalue weighted by Gasteiger charge is -2.33. The zero-order chi connectivity index (χ0) is 20.6. The molecule has 1 aliphatic heterocycles. The molecule has 10 heteroatoms. The molecule has 1 aliphatic rings. The number of hydrogen-bond acceptors (Lipinski definition) is 6. The van der Waals surface area contributed by atoms with E-state index in [1.165, 1.54) is 4.31 Å². The first-order valence-electron chi connectivity index (χ1n) is 9.46. The topological polar surface area (TPSA) is 102 Å². The number of sulfonamides is 1. The third kappa shape index (κ3) is 3.58. The van der Waals surface area contributed by atoms with Gasteiger partial charge in [-0.3, -0.25) is 9.48 Å². The Morgan fingerprint density at radius 3 is 2.36 bits per heavy atom. The van der Waals surface area contributed by atoms with E-state index in [1.807, 2.05) is 26.8 Å². The van der Waals surface area contributed by atoms with E-state index in [0.717, 1.165) is 5.69 Å². The van der Waals surface area contributed by atoms with Gasteiger partial charge in [0.2, 0.25) is 10.0 Å². The SMILES string of the molecule is CCn1nc(C(C)C)cc1C(=O)N1CCN(S(=O)(=O)c2c(C)noc2C)CC1. The maximum absolute atomic E-state index is 13.0. The summed E-state index contributed by atoms with van der Waals surface area (Å²) in [5.41, 5.74) is 1.78. The third-order valence-electron chi connectivity index (χ3n) is 5.00. The molecule has 2 aromatic heterocycles. The number of aromatic nitrogens is 3. The van der Waals surface area contributed by atoms with Crippen LogP contribution in [0, 0.1) is 13.8 Å². The summed E-state index contributed by atoms with van der Waals surface area (Å²) in [4.78, 5) is 14.8. The Hall–Kier alpha value is -2.20. The number of piperazine rings is 1. The van der Waals surface area contributed by atoms with Crippen molar-refractivity contribution in [1.82, 2.24) is 24.1 Å². The van der Waals surface area contributed by atoms with E-state index in [2.05, 4.69) is 10.3 Å². The van der Waals surface area contributed by atoms with Crippen molar-refractivity contribution in [1.29, 1.82) is 0 Å². The monoisotopic (exact) mass is 409 g/mol. The molecule has 1 amide bonds. The second kappa shape index (κ2) is 7.67. The Morgan fingerprint density at radius 2 is 1.86 bits per heavy atom. The number of nitrogens with zero attached hydrogens (tertiary/aromatic N) is 5. The van der Waals surface area contributed by atoms with Crippen molar-refractivity contribution in [3.8, 4) is 0 Å². The van der Waals surface area contributed by atoms with E-state index in [0.29, 0.717) is 31.0 Å². The van der Waals surface area contributed by atoms with Gasteiger partial charge < -0.3 is 9.42 Å². The molecule has 0 bridgehead atoms. The lowest BCUT2D eigenvalue weighted by molar-refractivity contribution is 0.0685. The summed E-state index contributed by atoms with van der Waals surface area (Å²) in [5.74, 6) is 0.399. The van der Waals surface area contributed by atoms with Gasteiger partial charge in [-0.05, 0) is 32.8 Å². The zero-order valence-corrected chi connectivity index (χ0v) is 17.8. The zero-order valence-electron chi connectivity index (χ0n) is 17.0. The Labute approximate surface area is 165 Å². The van der Waals surface area contributed by atoms with Crippen LogP contribution < -0.4 is 0 Å². The van der Waals surface area contributed by atoms with Crippen LogP contribution in [0.3, 0.4) is 0 Å². The molecule has 1 fully saturated rings. The van der Waals surface area contributed by atoms with Crippen molar-refractivity contribution in [2.24, 2.45) is 0 Å². The molecule has 3 rings (SSSR count). The Kier molecular flexibility index (Phi) is 5.62. The van der Waals surface area contributed by atoms with Gasteiger partial charge >= 0.3 is 0 Å². The summed E-state index contributed by atoms with van der Waals surface area (Å²) in [6, 6.07) is 1.84. The molecule has 1 saturated heterocycles. The fourth-order valence-corrected chi connectivity index (χ4v) is 5.11. The van der Waals surface area contributed by atoms with Gasteiger partial charge in [0, 0.05) is 32.7 Å². The molecular weight excluding hydrogens is 382 g/mol. The standard InChI is InChI=1S/C18H27N5O4S/c1-6-23-16(11-15(19-23)12(2)3)18(24)21-7-9-22(10-8-21)28(25,26)17-13(4)20-27-14(17)5/h11-12H,6-10H2,1-5H3. The van der Waals surface area contributed by atoms with Crippen LogP contribution in [0.2, 0.25) is 0 Å². The fraction of sp³-hybridized carbons (Fsp3) is 0.611. The maximum Gasteiger partial charge on any atom is 0.272 e. The third-order valence-corrected chi connectivity index (χ3v) is 7.14. The van der Waals surface area contributed by atoms with Gasteiger partial charge in [0.15, 0.2) is 5.76 Å². The summed E-state index contributed by atoms with van der Waals surface area (Å²) in [6.45, 7) is 10.9. The van der Waals surface area contributed by atoms with Crippen LogP contribution in [-0.4, -0.2) is 64.6 Å². The van der Waals surface area contributed by atoms with Crippen LogP contribution in [0.4, 0.5) is 0 Å². The Morgan fingerprint density at radius 1 is 1.21 bits per heavy atom. The van der Waals surface area contributed by atoms with E-state index >= 15 is 0 Å². The Bertz CT molecular complexity index is 949. The summed E-state index contributed by atoms with van der Waals surface area (Å²) in [7, 11) is -3.69. The van der Waals surface area contributed by atoms with Gasteiger partial charge in [0.1, 0.15) is 16.3 Å². The quantitative estimate of drug-likeness (QED) is 0.746. The van der Waals surface area contributed by atoms with Crippen LogP contribution in [0.15, 0.2) is 15.5 Å². The first-order chi connectivity index (χ1) is 13.2. The number of carbonyl (C=O) groups excluding carboxylic acids is 1. The smallest absolute Gasteiger partial charge is 0.272 e. The largest absolute Gasteiger partial charge is 0.360 e. The average molecular weight is 410 g/mol. The number of rotatable bonds is 5. The second-order valence-electron chi connectivity index (χ2n) is 7.27. The van der Waals surface area contributed by atoms with Gasteiger partial charge in [0.05, 0.1) is 5.69 Å². The number of aryl methyl sites for hydroxylation is 3. The minimum Gasteiger partial charge on any atom is -0.360 e. The molecule has 2 aromatic rings. The average Bonchev–Trinajstić information content (AvgIpc) is 3.24. The second-order valence-corrected chi connectivity index (χ2v) is 9.15. The highest BCUT2D eigenvalue weighted by molar-refractivity contribution is 7.89. The summed E-state index contributed by atoms with van der Waals surface area (Å²) in [5, 5.41) is 8.24. The van der Waals surface area contributed by atoms with Gasteiger partial charge in [-0.15, -0.1) is 0 Å². The maximum atomic E-state index is 13.0. The normalized spacial score (nSPS) is 16.1. The molecule has 0 saturated carbocycles. The van der Waals surface area contributed by atoms with Crippen LogP contribution in [0.1, 0.15) is 54.3 Å². The minimum absolute atomic E-state index is 0.115. The van der Waals surface area contributed by atoms with E-state index in [9.17, 15) is 13.2 Å². The van der Waals surface area contributed by atoms with Crippen molar-refractivity contribution < 1.29 is 17.7 Å². The molecule has 0 aromatic carbocycles. The molecule has 9 nitrogen and oxygen atoms in total. The number of hydrogen-bond donors (Lipinski definition) is 0. The van der Waals surface area contributed by atoms with Gasteiger partial charge in [-0.1, -0.05) is 19.0 Å². The highest BCUT2D eigenvalue weighted by Crippen LogP contribution is 2.25. The van der Waals surface area contributed by atoms with Crippen molar-refractivity contribution in [3.05, 3.63) is 28.9 Å². The molecule has 0 radical (unpaired) electrons. The molecule has 0 atom stereocenters. The highest BCUT2D eigenvalue weighted by atomic mass is 32.2. The molecular formula is C18H27N5O4S. The van der Waals surface area contributed by atoms with Crippen molar-refractivity contribution >= 4 is 15.9 Å². The lowest BCUT2D eigenvalue weighted by atomic mass is 10.1. The van der Waals surface area contributed by atoms with E-state index < -0.39 is 10.0 Å². The number of carbonyl (C=O) groups is 1. The first-order valence-corrected chi connectivity index (χ1v) is 10.9. The highest BCUT2D eigenvalue weighted by Gasteiger charge is 2.35. The molecule has 0 spiro atoms. The summed E-state index contributed by atoms with van der Waals surface area (Å²) in [6.07, 6.45) is 0. The van der Waals surface area contributed by atoms with Crippen LogP contribution in [-0.2, 0) is 16.6 Å². The van der Waals surface area contributed by atoms with Crippen molar-refractivity contribution in [2.45, 2.75) is 52.0 Å². The molecule has 154 valence electrons. The predicted octanol–water partition coefficient (Wildman–Crippen LogP) is 1.78. The van der Waals surface area contributed by atoms with Crippen LogP contribution >= 0.6 is 0 Å². The first kappa shape index (κ1) is 20.5. The molecule has 3 heterocycles. The van der Waals surface area contributed by atoms with E-state index in [4.69, 9.17) is 4.52 Å². The molecule has 28 heavy (non-hydrogen) atoms.